The molecule has 7 aromatic rings. The summed E-state index contributed by atoms with van der Waals surface area (Å²) in [4.78, 5) is 64.1. The van der Waals surface area contributed by atoms with Gasteiger partial charge in [0.05, 0.1) is 33.1 Å². The average Bonchev–Trinajstić information content (AvgIpc) is 2.98. The first-order chi connectivity index (χ1) is 19.8. The molecule has 0 aliphatic carbocycles. The lowest BCUT2D eigenvalue weighted by Gasteiger charge is -2.11. The van der Waals surface area contributed by atoms with Crippen molar-refractivity contribution in [1.29, 1.82) is 0 Å². The molecule has 7 rings (SSSR count). The first kappa shape index (κ1) is 26.8. The highest BCUT2D eigenvalue weighted by Gasteiger charge is 2.20. The number of hydrogen-bond acceptors (Lipinski definition) is 9. The van der Waals surface area contributed by atoms with E-state index in [9.17, 15) is 14.4 Å². The quantitative estimate of drug-likeness (QED) is 0.118. The van der Waals surface area contributed by atoms with Crippen molar-refractivity contribution in [2.75, 3.05) is 0 Å². The summed E-state index contributed by atoms with van der Waals surface area (Å²) in [6.45, 7) is 4.00. The van der Waals surface area contributed by atoms with Crippen molar-refractivity contribution in [1.82, 2.24) is 29.9 Å². The van der Waals surface area contributed by atoms with Crippen molar-refractivity contribution in [3.05, 3.63) is 71.3 Å². The number of carbonyl (C=O) groups excluding carboxylic acids is 3. The molecule has 200 valence electrons. The summed E-state index contributed by atoms with van der Waals surface area (Å²) in [5.41, 5.74) is 5.84. The Morgan fingerprint density at radius 2 is 0.634 bits per heavy atom. The third kappa shape index (κ3) is 4.48. The van der Waals surface area contributed by atoms with Gasteiger partial charge >= 0.3 is 0 Å². The van der Waals surface area contributed by atoms with Crippen molar-refractivity contribution in [2.45, 2.75) is 13.8 Å². The van der Waals surface area contributed by atoms with Crippen molar-refractivity contribution >= 4 is 117 Å². The number of benzene rings is 4. The maximum atomic E-state index is 11.8. The number of hydrogen-bond donors (Lipinski definition) is 0. The Bertz CT molecular complexity index is 2290. The lowest BCUT2D eigenvalue weighted by atomic mass is 10.1. The van der Waals surface area contributed by atoms with Crippen molar-refractivity contribution in [3.63, 3.8) is 0 Å². The molecule has 0 fully saturated rings. The molecule has 4 aromatic carbocycles. The van der Waals surface area contributed by atoms with Crippen molar-refractivity contribution < 1.29 is 14.4 Å². The Morgan fingerprint density at radius 3 is 0.854 bits per heavy atom. The van der Waals surface area contributed by atoms with Crippen LogP contribution < -0.4 is 0 Å². The van der Waals surface area contributed by atoms with Crippen LogP contribution in [0.1, 0.15) is 44.9 Å². The second-order valence-electron chi connectivity index (χ2n) is 8.69. The average molecular weight is 602 g/mol. The zero-order chi connectivity index (χ0) is 29.0. The normalized spacial score (nSPS) is 11.3. The number of aromatic nitrogens is 6. The van der Waals surface area contributed by atoms with Gasteiger partial charge in [0.25, 0.3) is 15.7 Å². The van der Waals surface area contributed by atoms with Gasteiger partial charge in [-0.25, -0.2) is 29.9 Å². The molecule has 9 nitrogen and oxygen atoms in total. The zero-order valence-electron chi connectivity index (χ0n) is 21.2. The van der Waals surface area contributed by atoms with Crippen LogP contribution in [0.4, 0.5) is 0 Å². The van der Waals surface area contributed by atoms with Crippen LogP contribution in [0.5, 0.6) is 0 Å². The molecule has 0 radical (unpaired) electrons. The lowest BCUT2D eigenvalue weighted by Crippen LogP contribution is -2.00. The van der Waals surface area contributed by atoms with Gasteiger partial charge in [-0.1, -0.05) is 13.8 Å². The van der Waals surface area contributed by atoms with E-state index in [1.807, 2.05) is 13.8 Å². The molecule has 0 aliphatic heterocycles. The minimum absolute atomic E-state index is 0.258. The van der Waals surface area contributed by atoms with Gasteiger partial charge in [0.15, 0.2) is 0 Å². The molecule has 0 atom stereocenters. The van der Waals surface area contributed by atoms with E-state index >= 15 is 0 Å². The highest BCUT2D eigenvalue weighted by Crippen LogP contribution is 2.33. The Hall–Kier alpha value is -4.44. The molecule has 0 N–H and O–H groups in total. The fourth-order valence-electron chi connectivity index (χ4n) is 4.52. The molecule has 0 unspecified atom stereocenters. The Kier molecular flexibility index (Phi) is 6.65. The number of fused-ring (bicyclic) bond motifs is 9. The van der Waals surface area contributed by atoms with Crippen molar-refractivity contribution in [2.24, 2.45) is 0 Å². The molecule has 0 bridgehead atoms. The second-order valence-corrected chi connectivity index (χ2v) is 9.72. The van der Waals surface area contributed by atoms with Crippen LogP contribution in [0.25, 0.3) is 66.2 Å². The van der Waals surface area contributed by atoms with Gasteiger partial charge in [-0.3, -0.25) is 14.4 Å². The van der Waals surface area contributed by atoms with E-state index < -0.39 is 15.7 Å². The smallest absolute Gasteiger partial charge is 0.252 e. The molecule has 0 amide bonds. The van der Waals surface area contributed by atoms with Crippen LogP contribution in [-0.4, -0.2) is 45.6 Å². The van der Waals surface area contributed by atoms with Crippen LogP contribution in [0.2, 0.25) is 0 Å². The van der Waals surface area contributed by atoms with Gasteiger partial charge < -0.3 is 0 Å². The van der Waals surface area contributed by atoms with Gasteiger partial charge in [0.1, 0.15) is 33.1 Å². The summed E-state index contributed by atoms with van der Waals surface area (Å²) < 4.78 is 0. The van der Waals surface area contributed by atoms with Gasteiger partial charge in [0, 0.05) is 16.7 Å². The molecule has 0 saturated heterocycles. The van der Waals surface area contributed by atoms with Gasteiger partial charge in [-0.15, -0.1) is 0 Å². The van der Waals surface area contributed by atoms with Crippen LogP contribution in [0.3, 0.4) is 0 Å². The number of rotatable bonds is 3. The monoisotopic (exact) mass is 600 g/mol. The third-order valence-electron chi connectivity index (χ3n) is 6.35. The summed E-state index contributed by atoms with van der Waals surface area (Å²) in [6, 6.07) is 14.2. The first-order valence-corrected chi connectivity index (χ1v) is 13.5. The first-order valence-electron chi connectivity index (χ1n) is 12.3. The molecular weight excluding hydrogens is 587 g/mol. The van der Waals surface area contributed by atoms with Crippen LogP contribution in [-0.2, 0) is 0 Å². The van der Waals surface area contributed by atoms with E-state index in [-0.39, 0.29) is 16.7 Å². The molecule has 3 aromatic heterocycles. The van der Waals surface area contributed by atoms with Crippen LogP contribution in [0.15, 0.2) is 54.6 Å². The Morgan fingerprint density at radius 1 is 0.415 bits per heavy atom. The molecule has 0 spiro atoms. The Balaban J connectivity index is 0.00000148. The number of carbonyl (C=O) groups is 3. The van der Waals surface area contributed by atoms with Gasteiger partial charge in [-0.05, 0) is 89.4 Å². The molecule has 0 aliphatic rings. The van der Waals surface area contributed by atoms with E-state index in [1.54, 1.807) is 48.5 Å². The highest BCUT2D eigenvalue weighted by atomic mass is 35.5. The predicted octanol–water partition coefficient (Wildman–Crippen LogP) is 7.14. The van der Waals surface area contributed by atoms with Crippen LogP contribution in [0, 0.1) is 0 Å². The van der Waals surface area contributed by atoms with E-state index in [0.717, 1.165) is 0 Å². The largest absolute Gasteiger partial charge is 0.276 e. The highest BCUT2D eigenvalue weighted by molar-refractivity contribution is 6.68. The molecule has 0 saturated carbocycles. The molecule has 41 heavy (non-hydrogen) atoms. The second kappa shape index (κ2) is 10.2. The summed E-state index contributed by atoms with van der Waals surface area (Å²) in [6.07, 6.45) is 0. The standard InChI is InChI=1S/C27H9Cl3N6O3.C2H6/c28-25(37)10-1-4-13-16(7-10)34-22-19(31-13)20-23(35-17-8-11(26(29)38)2-5-14(17)32-20)24-21(22)33-15-6-3-12(27(30)39)9-18(15)36-24;1-2/h1-9H;1-2H3. The lowest BCUT2D eigenvalue weighted by molar-refractivity contribution is 0.107. The summed E-state index contributed by atoms with van der Waals surface area (Å²) >= 11 is 17.1. The molecule has 12 heteroatoms. The summed E-state index contributed by atoms with van der Waals surface area (Å²) in [5, 5.41) is -1.88. The number of halogens is 3. The van der Waals surface area contributed by atoms with Gasteiger partial charge in [-0.2, -0.15) is 0 Å². The van der Waals surface area contributed by atoms with E-state index in [4.69, 9.17) is 64.7 Å². The fraction of sp³-hybridized carbons (Fsp3) is 0.0690. The third-order valence-corrected chi connectivity index (χ3v) is 7.00. The summed E-state index contributed by atoms with van der Waals surface area (Å²) in [7, 11) is 0. The minimum Gasteiger partial charge on any atom is -0.276 e. The SMILES string of the molecule is CC.O=C(Cl)c1ccc2nc3c4nc5ccc(C(=O)Cl)cc5nc4c4nc5cc(C(=O)Cl)ccc5nc4c3nc2c1. The summed E-state index contributed by atoms with van der Waals surface area (Å²) in [5.74, 6) is 0. The maximum absolute atomic E-state index is 11.8. The topological polar surface area (TPSA) is 129 Å². The fourth-order valence-corrected chi connectivity index (χ4v) is 4.87. The van der Waals surface area contributed by atoms with E-state index in [2.05, 4.69) is 0 Å². The van der Waals surface area contributed by atoms with E-state index in [0.29, 0.717) is 66.2 Å². The van der Waals surface area contributed by atoms with Gasteiger partial charge in [0.2, 0.25) is 0 Å². The Labute approximate surface area is 245 Å². The van der Waals surface area contributed by atoms with Crippen LogP contribution >= 0.6 is 34.8 Å². The minimum atomic E-state index is -0.631. The van der Waals surface area contributed by atoms with E-state index in [1.165, 1.54) is 6.07 Å². The molecule has 3 heterocycles. The zero-order valence-corrected chi connectivity index (χ0v) is 23.5. The maximum Gasteiger partial charge on any atom is 0.252 e. The predicted molar refractivity (Wildman–Crippen MR) is 160 cm³/mol. The van der Waals surface area contributed by atoms with Crippen molar-refractivity contribution in [3.8, 4) is 0 Å². The molecular formula is C29H15Cl3N6O3. The number of nitrogens with zero attached hydrogens (tertiary/aromatic N) is 6.